The monoisotopic (exact) mass is 434 g/mol. The predicted molar refractivity (Wildman–Crippen MR) is 121 cm³/mol. The molecule has 0 aliphatic carbocycles. The van der Waals surface area contributed by atoms with Gasteiger partial charge in [-0.2, -0.15) is 5.26 Å². The van der Waals surface area contributed by atoms with Gasteiger partial charge < -0.3 is 18.9 Å². The zero-order valence-electron chi connectivity index (χ0n) is 17.4. The molecule has 4 rings (SSSR count). The van der Waals surface area contributed by atoms with E-state index in [2.05, 4.69) is 18.0 Å². The summed E-state index contributed by atoms with van der Waals surface area (Å²) in [5.74, 6) is 2.81. The molecule has 2 heterocycles. The van der Waals surface area contributed by atoms with E-state index < -0.39 is 0 Å². The molecule has 0 unspecified atom stereocenters. The van der Waals surface area contributed by atoms with Gasteiger partial charge in [0.15, 0.2) is 23.0 Å². The van der Waals surface area contributed by atoms with Crippen molar-refractivity contribution in [1.82, 2.24) is 4.98 Å². The highest BCUT2D eigenvalue weighted by atomic mass is 32.1. The lowest BCUT2D eigenvalue weighted by Crippen LogP contribution is -2.00. The maximum atomic E-state index is 9.75. The minimum atomic E-state index is 0.231. The van der Waals surface area contributed by atoms with E-state index in [4.69, 9.17) is 18.9 Å². The van der Waals surface area contributed by atoms with Gasteiger partial charge in [0, 0.05) is 10.9 Å². The smallest absolute Gasteiger partial charge is 0.231 e. The van der Waals surface area contributed by atoms with E-state index >= 15 is 0 Å². The second kappa shape index (κ2) is 9.54. The van der Waals surface area contributed by atoms with Crippen LogP contribution in [-0.2, 0) is 0 Å². The van der Waals surface area contributed by atoms with Crippen LogP contribution in [0, 0.1) is 11.3 Å². The first-order chi connectivity index (χ1) is 15.2. The molecular formula is C24H22N2O4S. The summed E-state index contributed by atoms with van der Waals surface area (Å²) in [6.07, 6.45) is 2.73. The Kier molecular flexibility index (Phi) is 6.39. The van der Waals surface area contributed by atoms with Crippen molar-refractivity contribution < 1.29 is 18.9 Å². The molecule has 1 aromatic heterocycles. The van der Waals surface area contributed by atoms with Crippen LogP contribution in [0.15, 0.2) is 41.8 Å². The van der Waals surface area contributed by atoms with E-state index in [1.54, 1.807) is 0 Å². The highest BCUT2D eigenvalue weighted by Crippen LogP contribution is 2.37. The summed E-state index contributed by atoms with van der Waals surface area (Å²) in [7, 11) is 0. The molecule has 31 heavy (non-hydrogen) atoms. The molecule has 7 heteroatoms. The van der Waals surface area contributed by atoms with Gasteiger partial charge in [0.05, 0.1) is 24.5 Å². The zero-order chi connectivity index (χ0) is 21.6. The number of thiazole rings is 1. The van der Waals surface area contributed by atoms with Crippen molar-refractivity contribution in [2.24, 2.45) is 0 Å². The highest BCUT2D eigenvalue weighted by Gasteiger charge is 2.16. The molecule has 3 aromatic rings. The molecule has 2 aromatic carbocycles. The Balaban J connectivity index is 1.60. The summed E-state index contributed by atoms with van der Waals surface area (Å²) >= 11 is 1.43. The molecule has 0 atom stereocenters. The van der Waals surface area contributed by atoms with Gasteiger partial charge in [-0.25, -0.2) is 4.98 Å². The van der Waals surface area contributed by atoms with Crippen LogP contribution in [0.25, 0.3) is 22.9 Å². The molecule has 0 saturated carbocycles. The summed E-state index contributed by atoms with van der Waals surface area (Å²) < 4.78 is 22.3. The minimum Gasteiger partial charge on any atom is -0.490 e. The molecule has 0 bridgehead atoms. The first-order valence-corrected chi connectivity index (χ1v) is 11.0. The fraction of sp³-hybridized carbons (Fsp3) is 0.250. The quantitative estimate of drug-likeness (QED) is 0.418. The van der Waals surface area contributed by atoms with Gasteiger partial charge in [-0.15, -0.1) is 11.3 Å². The largest absolute Gasteiger partial charge is 0.490 e. The van der Waals surface area contributed by atoms with Gasteiger partial charge in [0.1, 0.15) is 11.1 Å². The topological polar surface area (TPSA) is 73.6 Å². The summed E-state index contributed by atoms with van der Waals surface area (Å²) in [4.78, 5) is 4.67. The number of allylic oxidation sites excluding steroid dienone is 1. The van der Waals surface area contributed by atoms with Crippen LogP contribution >= 0.6 is 11.3 Å². The Bertz CT molecular complexity index is 1150. The number of nitriles is 1. The fourth-order valence-electron chi connectivity index (χ4n) is 3.11. The van der Waals surface area contributed by atoms with Crippen LogP contribution in [-0.4, -0.2) is 25.0 Å². The lowest BCUT2D eigenvalue weighted by molar-refractivity contribution is 0.174. The van der Waals surface area contributed by atoms with Crippen LogP contribution < -0.4 is 18.9 Å². The van der Waals surface area contributed by atoms with Crippen molar-refractivity contribution >= 4 is 23.0 Å². The van der Waals surface area contributed by atoms with E-state index in [-0.39, 0.29) is 6.79 Å². The zero-order valence-corrected chi connectivity index (χ0v) is 18.2. The highest BCUT2D eigenvalue weighted by molar-refractivity contribution is 7.11. The molecule has 0 N–H and O–H groups in total. The Labute approximate surface area is 185 Å². The summed E-state index contributed by atoms with van der Waals surface area (Å²) in [5, 5.41) is 12.3. The summed E-state index contributed by atoms with van der Waals surface area (Å²) in [5.41, 5.74) is 3.04. The fourth-order valence-corrected chi connectivity index (χ4v) is 3.90. The number of hydrogen-bond acceptors (Lipinski definition) is 7. The minimum absolute atomic E-state index is 0.231. The molecular weight excluding hydrogens is 412 g/mol. The third-order valence-electron chi connectivity index (χ3n) is 4.56. The third-order valence-corrected chi connectivity index (χ3v) is 5.44. The number of benzene rings is 2. The first kappa shape index (κ1) is 20.8. The second-order valence-corrected chi connectivity index (χ2v) is 7.62. The number of aromatic nitrogens is 1. The maximum Gasteiger partial charge on any atom is 0.231 e. The molecule has 0 spiro atoms. The molecule has 0 fully saturated rings. The first-order valence-electron chi connectivity index (χ1n) is 10.1. The third kappa shape index (κ3) is 4.65. The van der Waals surface area contributed by atoms with Gasteiger partial charge in [-0.1, -0.05) is 13.0 Å². The van der Waals surface area contributed by atoms with Crippen LogP contribution in [0.2, 0.25) is 0 Å². The second-order valence-electron chi connectivity index (χ2n) is 6.76. The molecule has 1 aliphatic heterocycles. The van der Waals surface area contributed by atoms with Crippen molar-refractivity contribution in [2.75, 3.05) is 20.0 Å². The Hall–Kier alpha value is -3.50. The van der Waals surface area contributed by atoms with Crippen LogP contribution in [0.1, 0.15) is 30.8 Å². The molecule has 6 nitrogen and oxygen atoms in total. The van der Waals surface area contributed by atoms with Crippen molar-refractivity contribution in [3.63, 3.8) is 0 Å². The number of hydrogen-bond donors (Lipinski definition) is 0. The predicted octanol–water partition coefficient (Wildman–Crippen LogP) is 5.79. The van der Waals surface area contributed by atoms with Crippen molar-refractivity contribution in [3.05, 3.63) is 52.3 Å². The van der Waals surface area contributed by atoms with Gasteiger partial charge in [-0.3, -0.25) is 0 Å². The molecule has 0 amide bonds. The Morgan fingerprint density at radius 1 is 1.13 bits per heavy atom. The average Bonchev–Trinajstić information content (AvgIpc) is 3.46. The average molecular weight is 435 g/mol. The van der Waals surface area contributed by atoms with E-state index in [0.717, 1.165) is 29.0 Å². The van der Waals surface area contributed by atoms with Crippen LogP contribution in [0.3, 0.4) is 0 Å². The normalized spacial score (nSPS) is 12.5. The molecule has 0 radical (unpaired) electrons. The Morgan fingerprint density at radius 2 is 2.00 bits per heavy atom. The van der Waals surface area contributed by atoms with Gasteiger partial charge >= 0.3 is 0 Å². The molecule has 158 valence electrons. The number of fused-ring (bicyclic) bond motifs is 1. The lowest BCUT2D eigenvalue weighted by Gasteiger charge is -2.12. The molecule has 1 aliphatic rings. The standard InChI is InChI=1S/C24H22N2O4S/c1-3-9-28-20-7-5-16(11-22(20)27-4-2)10-18(13-25)24-26-19(14-31-24)17-6-8-21-23(12-17)30-15-29-21/h5-8,10-12,14H,3-4,9,15H2,1-2H3/b18-10+. The maximum absolute atomic E-state index is 9.75. The number of nitrogens with zero attached hydrogens (tertiary/aromatic N) is 2. The van der Waals surface area contributed by atoms with E-state index in [0.29, 0.717) is 41.0 Å². The van der Waals surface area contributed by atoms with Crippen LogP contribution in [0.5, 0.6) is 23.0 Å². The lowest BCUT2D eigenvalue weighted by atomic mass is 10.1. The van der Waals surface area contributed by atoms with Gasteiger partial charge in [-0.05, 0) is 55.3 Å². The van der Waals surface area contributed by atoms with Gasteiger partial charge in [0.25, 0.3) is 0 Å². The van der Waals surface area contributed by atoms with E-state index in [1.807, 2.05) is 54.8 Å². The summed E-state index contributed by atoms with van der Waals surface area (Å²) in [6, 6.07) is 13.7. The van der Waals surface area contributed by atoms with Crippen molar-refractivity contribution in [3.8, 4) is 40.3 Å². The SMILES string of the molecule is CCCOc1ccc(/C=C(\C#N)c2nc(-c3ccc4c(c3)OCO4)cs2)cc1OCC. The van der Waals surface area contributed by atoms with E-state index in [1.165, 1.54) is 11.3 Å². The molecule has 0 saturated heterocycles. The van der Waals surface area contributed by atoms with Crippen LogP contribution in [0.4, 0.5) is 0 Å². The van der Waals surface area contributed by atoms with Crippen molar-refractivity contribution in [1.29, 1.82) is 5.26 Å². The number of ether oxygens (including phenoxy) is 4. The summed E-state index contributed by atoms with van der Waals surface area (Å²) in [6.45, 7) is 5.38. The van der Waals surface area contributed by atoms with E-state index in [9.17, 15) is 5.26 Å². The van der Waals surface area contributed by atoms with Gasteiger partial charge in [0.2, 0.25) is 6.79 Å². The Morgan fingerprint density at radius 3 is 2.81 bits per heavy atom. The number of rotatable bonds is 8. The van der Waals surface area contributed by atoms with Crippen molar-refractivity contribution in [2.45, 2.75) is 20.3 Å².